The van der Waals surface area contributed by atoms with Crippen molar-refractivity contribution < 1.29 is 10.2 Å². The first-order chi connectivity index (χ1) is 11.2. The van der Waals surface area contributed by atoms with Crippen LogP contribution in [0.2, 0.25) is 0 Å². The number of fused-ring (bicyclic) bond motifs is 4. The summed E-state index contributed by atoms with van der Waals surface area (Å²) in [6, 6.07) is 7.14. The second kappa shape index (κ2) is 5.62. The summed E-state index contributed by atoms with van der Waals surface area (Å²) >= 11 is 0. The van der Waals surface area contributed by atoms with E-state index in [1.54, 1.807) is 24.4 Å². The third kappa shape index (κ3) is 2.42. The van der Waals surface area contributed by atoms with Gasteiger partial charge in [-0.3, -0.25) is 9.88 Å². The van der Waals surface area contributed by atoms with Crippen molar-refractivity contribution in [1.82, 2.24) is 9.88 Å². The predicted molar refractivity (Wildman–Crippen MR) is 90.1 cm³/mol. The van der Waals surface area contributed by atoms with Gasteiger partial charge >= 0.3 is 0 Å². The van der Waals surface area contributed by atoms with Gasteiger partial charge in [0.25, 0.3) is 0 Å². The van der Waals surface area contributed by atoms with Crippen LogP contribution in [0.25, 0.3) is 10.9 Å². The fourth-order valence-corrected chi connectivity index (χ4v) is 4.33. The third-order valence-corrected chi connectivity index (χ3v) is 5.60. The Hall–Kier alpha value is -1.91. The maximum absolute atomic E-state index is 11.0. The number of hydrogen-bond donors (Lipinski definition) is 2. The Kier molecular flexibility index (Phi) is 3.58. The van der Waals surface area contributed by atoms with Crippen molar-refractivity contribution >= 4 is 10.9 Å². The molecule has 120 valence electrons. The molecule has 4 nitrogen and oxygen atoms in total. The molecule has 1 aromatic heterocycles. The maximum Gasteiger partial charge on any atom is 0.116 e. The van der Waals surface area contributed by atoms with Crippen molar-refractivity contribution in [2.45, 2.75) is 25.0 Å². The van der Waals surface area contributed by atoms with Gasteiger partial charge in [0.1, 0.15) is 5.75 Å². The summed E-state index contributed by atoms with van der Waals surface area (Å²) in [5, 5.41) is 21.7. The lowest BCUT2D eigenvalue weighted by molar-refractivity contribution is -0.0444. The molecule has 3 aliphatic heterocycles. The van der Waals surface area contributed by atoms with Crippen molar-refractivity contribution in [2.75, 3.05) is 13.1 Å². The van der Waals surface area contributed by atoms with E-state index < -0.39 is 6.10 Å². The van der Waals surface area contributed by atoms with Gasteiger partial charge in [-0.1, -0.05) is 6.08 Å². The minimum atomic E-state index is -0.559. The Balaban J connectivity index is 1.69. The molecule has 2 bridgehead atoms. The lowest BCUT2D eigenvalue weighted by atomic mass is 9.73. The van der Waals surface area contributed by atoms with Gasteiger partial charge in [-0.05, 0) is 61.1 Å². The molecule has 5 rings (SSSR count). The molecule has 2 N–H and O–H groups in total. The zero-order chi connectivity index (χ0) is 16.0. The number of aromatic nitrogens is 1. The van der Waals surface area contributed by atoms with Crippen LogP contribution in [-0.2, 0) is 0 Å². The van der Waals surface area contributed by atoms with E-state index in [2.05, 4.69) is 22.5 Å². The highest BCUT2D eigenvalue weighted by Gasteiger charge is 2.42. The normalized spacial score (nSPS) is 31.2. The van der Waals surface area contributed by atoms with Crippen molar-refractivity contribution in [3.63, 3.8) is 0 Å². The summed E-state index contributed by atoms with van der Waals surface area (Å²) < 4.78 is 0. The highest BCUT2D eigenvalue weighted by Crippen LogP contribution is 2.42. The summed E-state index contributed by atoms with van der Waals surface area (Å²) in [7, 11) is 0. The predicted octanol–water partition coefficient (Wildman–Crippen LogP) is 2.87. The van der Waals surface area contributed by atoms with Gasteiger partial charge in [-0.15, -0.1) is 6.58 Å². The maximum atomic E-state index is 11.0. The van der Waals surface area contributed by atoms with Gasteiger partial charge in [-0.2, -0.15) is 0 Å². The van der Waals surface area contributed by atoms with Crippen LogP contribution in [0.5, 0.6) is 5.75 Å². The van der Waals surface area contributed by atoms with Gasteiger partial charge in [0.05, 0.1) is 11.6 Å². The van der Waals surface area contributed by atoms with Crippen molar-refractivity contribution in [3.8, 4) is 5.75 Å². The van der Waals surface area contributed by atoms with Crippen LogP contribution < -0.4 is 0 Å². The van der Waals surface area contributed by atoms with E-state index in [0.717, 1.165) is 36.0 Å². The molecule has 0 radical (unpaired) electrons. The molecule has 0 amide bonds. The van der Waals surface area contributed by atoms with E-state index in [1.807, 2.05) is 6.07 Å². The molecule has 1 aromatic carbocycles. The van der Waals surface area contributed by atoms with Gasteiger partial charge in [0, 0.05) is 24.2 Å². The van der Waals surface area contributed by atoms with E-state index in [9.17, 15) is 10.2 Å². The molecule has 4 heteroatoms. The summed E-state index contributed by atoms with van der Waals surface area (Å²) in [5.41, 5.74) is 1.66. The second-order valence-corrected chi connectivity index (χ2v) is 6.79. The lowest BCUT2D eigenvalue weighted by Crippen LogP contribution is -2.54. The molecule has 5 atom stereocenters. The van der Waals surface area contributed by atoms with Crippen LogP contribution in [0.4, 0.5) is 0 Å². The number of nitrogens with zero attached hydrogens (tertiary/aromatic N) is 2. The van der Waals surface area contributed by atoms with Crippen LogP contribution >= 0.6 is 0 Å². The zero-order valence-corrected chi connectivity index (χ0v) is 13.1. The van der Waals surface area contributed by atoms with Crippen LogP contribution in [0.1, 0.15) is 24.5 Å². The van der Waals surface area contributed by atoms with Crippen LogP contribution in [-0.4, -0.2) is 39.2 Å². The number of pyridine rings is 1. The molecule has 0 unspecified atom stereocenters. The van der Waals surface area contributed by atoms with Gasteiger partial charge in [-0.25, -0.2) is 0 Å². The molecule has 0 saturated carbocycles. The van der Waals surface area contributed by atoms with Crippen molar-refractivity contribution in [3.05, 3.63) is 48.7 Å². The summed E-state index contributed by atoms with van der Waals surface area (Å²) in [6.45, 7) is 5.99. The summed E-state index contributed by atoms with van der Waals surface area (Å²) in [6.07, 6.45) is 5.44. The first-order valence-electron chi connectivity index (χ1n) is 8.29. The molecule has 4 heterocycles. The fraction of sp³-hybridized carbons (Fsp3) is 0.421. The minimum absolute atomic E-state index is 0.137. The Morgan fingerprint density at radius 2 is 2.22 bits per heavy atom. The van der Waals surface area contributed by atoms with Gasteiger partial charge < -0.3 is 10.2 Å². The smallest absolute Gasteiger partial charge is 0.116 e. The molecule has 3 aliphatic rings. The van der Waals surface area contributed by atoms with Crippen molar-refractivity contribution in [1.29, 1.82) is 0 Å². The van der Waals surface area contributed by atoms with Gasteiger partial charge in [0.2, 0.25) is 0 Å². The average Bonchev–Trinajstić information content (AvgIpc) is 2.60. The van der Waals surface area contributed by atoms with Crippen LogP contribution in [0.3, 0.4) is 0 Å². The first kappa shape index (κ1) is 14.7. The fourth-order valence-electron chi connectivity index (χ4n) is 4.33. The van der Waals surface area contributed by atoms with E-state index in [0.29, 0.717) is 11.8 Å². The van der Waals surface area contributed by atoms with Crippen LogP contribution in [0.15, 0.2) is 43.1 Å². The molecule has 3 saturated heterocycles. The molecular formula is C19H22N2O2. The van der Waals surface area contributed by atoms with Gasteiger partial charge in [0.15, 0.2) is 0 Å². The molecule has 0 aliphatic carbocycles. The quantitative estimate of drug-likeness (QED) is 0.856. The second-order valence-electron chi connectivity index (χ2n) is 6.79. The zero-order valence-electron chi connectivity index (χ0n) is 13.1. The first-order valence-corrected chi connectivity index (χ1v) is 8.29. The minimum Gasteiger partial charge on any atom is -0.508 e. The molecular weight excluding hydrogens is 288 g/mol. The third-order valence-electron chi connectivity index (χ3n) is 5.60. The summed E-state index contributed by atoms with van der Waals surface area (Å²) in [4.78, 5) is 6.73. The number of rotatable bonds is 3. The molecule has 3 fully saturated rings. The Morgan fingerprint density at radius 3 is 2.96 bits per heavy atom. The number of phenols is 1. The number of hydrogen-bond acceptors (Lipinski definition) is 4. The number of benzene rings is 1. The Labute approximate surface area is 136 Å². The van der Waals surface area contributed by atoms with E-state index in [4.69, 9.17) is 0 Å². The highest BCUT2D eigenvalue weighted by atomic mass is 16.3. The summed E-state index contributed by atoms with van der Waals surface area (Å²) in [5.74, 6) is 1.38. The lowest BCUT2D eigenvalue weighted by Gasteiger charge is -2.50. The molecule has 23 heavy (non-hydrogen) atoms. The average molecular weight is 310 g/mol. The molecule has 2 aromatic rings. The Bertz CT molecular complexity index is 745. The SMILES string of the molecule is C=C[C@H]1C[N@]2CC[C@H]1C[C@@H]2[C@H](O)c1ccnc2ccc(O)cc12. The van der Waals surface area contributed by atoms with E-state index >= 15 is 0 Å². The number of phenolic OH excluding ortho intramolecular Hbond substituents is 1. The van der Waals surface area contributed by atoms with Crippen molar-refractivity contribution in [2.24, 2.45) is 11.8 Å². The topological polar surface area (TPSA) is 56.6 Å². The largest absolute Gasteiger partial charge is 0.508 e. The van der Waals surface area contributed by atoms with Crippen LogP contribution in [0, 0.1) is 11.8 Å². The van der Waals surface area contributed by atoms with E-state index in [-0.39, 0.29) is 11.8 Å². The van der Waals surface area contributed by atoms with E-state index in [1.165, 1.54) is 6.42 Å². The molecule has 0 spiro atoms. The number of aliphatic hydroxyl groups excluding tert-OH is 1. The number of aromatic hydroxyl groups is 1. The highest BCUT2D eigenvalue weighted by molar-refractivity contribution is 5.83. The monoisotopic (exact) mass is 310 g/mol. The number of aliphatic hydroxyl groups is 1. The standard InChI is InChI=1S/C19H22N2O2/c1-2-12-11-21-8-6-13(12)9-18(21)19(23)15-5-7-20-17-4-3-14(22)10-16(15)17/h2-5,7,10,12-13,18-19,22-23H,1,6,8-9,11H2/t12-,13-,18+,19+/m0/s1. The Morgan fingerprint density at radius 1 is 1.35 bits per heavy atom. The number of piperidine rings is 3.